The van der Waals surface area contributed by atoms with Crippen LogP contribution in [0.15, 0.2) is 0 Å². The van der Waals surface area contributed by atoms with E-state index in [2.05, 4.69) is 5.32 Å². The summed E-state index contributed by atoms with van der Waals surface area (Å²) in [7, 11) is 0. The number of carbonyl (C=O) groups is 1. The molecule has 1 aliphatic carbocycles. The van der Waals surface area contributed by atoms with Gasteiger partial charge in [-0.2, -0.15) is 0 Å². The molecule has 1 amide bonds. The third-order valence-electron chi connectivity index (χ3n) is 2.89. The Morgan fingerprint density at radius 3 is 2.27 bits per heavy atom. The second kappa shape index (κ2) is 2.11. The van der Waals surface area contributed by atoms with Crippen molar-refractivity contribution in [1.82, 2.24) is 5.32 Å². The zero-order valence-electron chi connectivity index (χ0n) is 6.52. The van der Waals surface area contributed by atoms with Gasteiger partial charge in [-0.3, -0.25) is 4.79 Å². The van der Waals surface area contributed by atoms with Crippen LogP contribution >= 0.6 is 12.4 Å². The fourth-order valence-electron chi connectivity index (χ4n) is 1.78. The second-order valence-corrected chi connectivity index (χ2v) is 3.68. The van der Waals surface area contributed by atoms with Crippen molar-refractivity contribution < 1.29 is 4.79 Å². The Hall–Kier alpha value is -0.280. The Bertz CT molecular complexity index is 199. The van der Waals surface area contributed by atoms with Crippen LogP contribution in [0.2, 0.25) is 0 Å². The minimum atomic E-state index is -0.288. The number of amides is 1. The van der Waals surface area contributed by atoms with Gasteiger partial charge in [0.1, 0.15) is 0 Å². The van der Waals surface area contributed by atoms with Crippen molar-refractivity contribution in [1.29, 1.82) is 0 Å². The highest BCUT2D eigenvalue weighted by molar-refractivity contribution is 5.89. The summed E-state index contributed by atoms with van der Waals surface area (Å²) in [5.41, 5.74) is 5.46. The summed E-state index contributed by atoms with van der Waals surface area (Å²) in [4.78, 5) is 11.2. The van der Waals surface area contributed by atoms with E-state index in [1.165, 1.54) is 0 Å². The highest BCUT2D eigenvalue weighted by atomic mass is 35.5. The van der Waals surface area contributed by atoms with Gasteiger partial charge < -0.3 is 11.1 Å². The maximum absolute atomic E-state index is 11.2. The first-order chi connectivity index (χ1) is 4.58. The van der Waals surface area contributed by atoms with Gasteiger partial charge in [-0.1, -0.05) is 0 Å². The average molecular weight is 177 g/mol. The molecule has 2 aliphatic rings. The number of carbonyl (C=O) groups excluding carboxylic acids is 1. The molecule has 3 N–H and O–H groups in total. The lowest BCUT2D eigenvalue weighted by Crippen LogP contribution is -2.46. The Morgan fingerprint density at radius 1 is 1.55 bits per heavy atom. The van der Waals surface area contributed by atoms with Crippen LogP contribution in [0.3, 0.4) is 0 Å². The van der Waals surface area contributed by atoms with Gasteiger partial charge in [0.15, 0.2) is 0 Å². The maximum atomic E-state index is 11.2. The van der Waals surface area contributed by atoms with E-state index in [0.717, 1.165) is 12.8 Å². The lowest BCUT2D eigenvalue weighted by molar-refractivity contribution is -0.124. The predicted octanol–water partition coefficient (Wildman–Crippen LogP) is 0.0356. The van der Waals surface area contributed by atoms with Crippen molar-refractivity contribution in [2.45, 2.75) is 25.3 Å². The van der Waals surface area contributed by atoms with Crippen LogP contribution in [-0.2, 0) is 4.79 Å². The Kier molecular flexibility index (Phi) is 1.69. The van der Waals surface area contributed by atoms with Gasteiger partial charge in [0.25, 0.3) is 0 Å². The highest BCUT2D eigenvalue weighted by Crippen LogP contribution is 2.55. The van der Waals surface area contributed by atoms with Crippen molar-refractivity contribution >= 4 is 18.3 Å². The van der Waals surface area contributed by atoms with E-state index in [-0.39, 0.29) is 29.3 Å². The normalized spacial score (nSPS) is 38.2. The minimum absolute atomic E-state index is 0. The maximum Gasteiger partial charge on any atom is 0.228 e. The van der Waals surface area contributed by atoms with Gasteiger partial charge in [-0.15, -0.1) is 12.4 Å². The molecular formula is C7H13ClN2O. The Morgan fingerprint density at radius 2 is 2.09 bits per heavy atom. The smallest absolute Gasteiger partial charge is 0.228 e. The quantitative estimate of drug-likeness (QED) is 0.548. The zero-order chi connectivity index (χ0) is 7.41. The molecule has 1 heterocycles. The molecule has 2 fully saturated rings. The third kappa shape index (κ3) is 0.876. The molecule has 1 unspecified atom stereocenters. The summed E-state index contributed by atoms with van der Waals surface area (Å²) >= 11 is 0. The molecule has 0 aromatic rings. The van der Waals surface area contributed by atoms with E-state index in [1.807, 2.05) is 6.92 Å². The van der Waals surface area contributed by atoms with E-state index in [4.69, 9.17) is 5.73 Å². The van der Waals surface area contributed by atoms with Crippen LogP contribution < -0.4 is 11.1 Å². The zero-order valence-corrected chi connectivity index (χ0v) is 7.33. The molecule has 1 spiro atoms. The molecule has 4 heteroatoms. The van der Waals surface area contributed by atoms with Crippen LogP contribution in [-0.4, -0.2) is 18.0 Å². The van der Waals surface area contributed by atoms with Crippen molar-refractivity contribution in [2.24, 2.45) is 11.1 Å². The molecule has 1 saturated carbocycles. The first-order valence-corrected chi connectivity index (χ1v) is 3.66. The van der Waals surface area contributed by atoms with E-state index in [1.54, 1.807) is 0 Å². The SMILES string of the molecule is CC1(N)CNC(=O)C12CC2.Cl. The number of hydrogen-bond acceptors (Lipinski definition) is 2. The Labute approximate surface area is 72.1 Å². The summed E-state index contributed by atoms with van der Waals surface area (Å²) in [6.07, 6.45) is 1.96. The molecular weight excluding hydrogens is 164 g/mol. The minimum Gasteiger partial charge on any atom is -0.354 e. The fourth-order valence-corrected chi connectivity index (χ4v) is 1.78. The van der Waals surface area contributed by atoms with Crippen LogP contribution in [0.1, 0.15) is 19.8 Å². The van der Waals surface area contributed by atoms with Gasteiger partial charge in [-0.25, -0.2) is 0 Å². The molecule has 0 bridgehead atoms. The molecule has 1 saturated heterocycles. The van der Waals surface area contributed by atoms with E-state index < -0.39 is 0 Å². The largest absolute Gasteiger partial charge is 0.354 e. The predicted molar refractivity (Wildman–Crippen MR) is 44.5 cm³/mol. The van der Waals surface area contributed by atoms with Crippen molar-refractivity contribution in [3.8, 4) is 0 Å². The van der Waals surface area contributed by atoms with Gasteiger partial charge >= 0.3 is 0 Å². The summed E-state index contributed by atoms with van der Waals surface area (Å²) in [5.74, 6) is 0.164. The van der Waals surface area contributed by atoms with Crippen molar-refractivity contribution in [2.75, 3.05) is 6.54 Å². The third-order valence-corrected chi connectivity index (χ3v) is 2.89. The lowest BCUT2D eigenvalue weighted by atomic mass is 9.87. The number of hydrogen-bond donors (Lipinski definition) is 2. The van der Waals surface area contributed by atoms with Crippen LogP contribution in [0.4, 0.5) is 0 Å². The molecule has 2 rings (SSSR count). The standard InChI is InChI=1S/C7H12N2O.ClH/c1-6(8)4-9-5(10)7(6)2-3-7;/h2-4,8H2,1H3,(H,9,10);1H. The monoisotopic (exact) mass is 176 g/mol. The van der Waals surface area contributed by atoms with Gasteiger partial charge in [0, 0.05) is 12.1 Å². The lowest BCUT2D eigenvalue weighted by Gasteiger charge is -2.22. The van der Waals surface area contributed by atoms with Crippen LogP contribution in [0.5, 0.6) is 0 Å². The average Bonchev–Trinajstić information content (AvgIpc) is 2.58. The molecule has 0 radical (unpaired) electrons. The molecule has 1 aliphatic heterocycles. The van der Waals surface area contributed by atoms with Crippen LogP contribution in [0.25, 0.3) is 0 Å². The number of nitrogens with one attached hydrogen (secondary N) is 1. The highest BCUT2D eigenvalue weighted by Gasteiger charge is 2.64. The second-order valence-electron chi connectivity index (χ2n) is 3.68. The molecule has 1 atom stereocenters. The fraction of sp³-hybridized carbons (Fsp3) is 0.857. The molecule has 0 aromatic heterocycles. The van der Waals surface area contributed by atoms with E-state index >= 15 is 0 Å². The van der Waals surface area contributed by atoms with Gasteiger partial charge in [0.2, 0.25) is 5.91 Å². The van der Waals surface area contributed by atoms with E-state index in [0.29, 0.717) is 6.54 Å². The number of halogens is 1. The van der Waals surface area contributed by atoms with E-state index in [9.17, 15) is 4.79 Å². The summed E-state index contributed by atoms with van der Waals surface area (Å²) in [6, 6.07) is 0. The van der Waals surface area contributed by atoms with Crippen molar-refractivity contribution in [3.05, 3.63) is 0 Å². The van der Waals surface area contributed by atoms with Gasteiger partial charge in [0.05, 0.1) is 5.41 Å². The molecule has 3 nitrogen and oxygen atoms in total. The van der Waals surface area contributed by atoms with Gasteiger partial charge in [-0.05, 0) is 19.8 Å². The number of rotatable bonds is 0. The molecule has 64 valence electrons. The topological polar surface area (TPSA) is 55.1 Å². The Balaban J connectivity index is 0.000000605. The molecule has 0 aromatic carbocycles. The first-order valence-electron chi connectivity index (χ1n) is 3.66. The van der Waals surface area contributed by atoms with Crippen LogP contribution in [0, 0.1) is 5.41 Å². The first kappa shape index (κ1) is 8.81. The molecule has 11 heavy (non-hydrogen) atoms. The number of nitrogens with two attached hydrogens (primary N) is 1. The van der Waals surface area contributed by atoms with Crippen molar-refractivity contribution in [3.63, 3.8) is 0 Å². The summed E-state index contributed by atoms with van der Waals surface area (Å²) < 4.78 is 0. The summed E-state index contributed by atoms with van der Waals surface area (Å²) in [5, 5.41) is 2.80. The summed E-state index contributed by atoms with van der Waals surface area (Å²) in [6.45, 7) is 2.60.